The maximum atomic E-state index is 11.7. The Balaban J connectivity index is 2.94. The highest BCUT2D eigenvalue weighted by atomic mass is 16.6. The van der Waals surface area contributed by atoms with E-state index < -0.39 is 10.9 Å². The molecule has 0 bridgehead atoms. The number of rotatable bonds is 6. The molecule has 1 heterocycles. The highest BCUT2D eigenvalue weighted by molar-refractivity contribution is 5.88. The summed E-state index contributed by atoms with van der Waals surface area (Å²) in [5.74, 6) is -0.506. The molecule has 6 heteroatoms. The molecular formula is C11H16N2O4. The molecule has 1 aromatic heterocycles. The molecule has 0 aliphatic heterocycles. The average molecular weight is 240 g/mol. The fourth-order valence-electron chi connectivity index (χ4n) is 1.46. The SMILES string of the molecule is CCCOC(=O)c1cc([N+](=O)[O-])cn1CCC. The Bertz CT molecular complexity index is 412. The van der Waals surface area contributed by atoms with Crippen LogP contribution in [0.3, 0.4) is 0 Å². The van der Waals surface area contributed by atoms with E-state index in [4.69, 9.17) is 4.74 Å². The van der Waals surface area contributed by atoms with Crippen LogP contribution in [0.5, 0.6) is 0 Å². The van der Waals surface area contributed by atoms with E-state index >= 15 is 0 Å². The van der Waals surface area contributed by atoms with E-state index in [1.165, 1.54) is 12.3 Å². The topological polar surface area (TPSA) is 74.4 Å². The maximum absolute atomic E-state index is 11.7. The Kier molecular flexibility index (Phi) is 4.68. The molecule has 0 unspecified atom stereocenters. The number of hydrogen-bond donors (Lipinski definition) is 0. The minimum atomic E-state index is -0.511. The maximum Gasteiger partial charge on any atom is 0.355 e. The number of aromatic nitrogens is 1. The van der Waals surface area contributed by atoms with E-state index in [9.17, 15) is 14.9 Å². The summed E-state index contributed by atoms with van der Waals surface area (Å²) in [7, 11) is 0. The molecule has 0 fully saturated rings. The number of esters is 1. The van der Waals surface area contributed by atoms with Crippen molar-refractivity contribution in [3.05, 3.63) is 28.1 Å². The van der Waals surface area contributed by atoms with Crippen molar-refractivity contribution >= 4 is 11.7 Å². The third-order valence-corrected chi connectivity index (χ3v) is 2.20. The molecule has 0 N–H and O–H groups in total. The van der Waals surface area contributed by atoms with Crippen molar-refractivity contribution in [3.63, 3.8) is 0 Å². The summed E-state index contributed by atoms with van der Waals surface area (Å²) in [5.41, 5.74) is 0.161. The molecule has 1 rings (SSSR count). The van der Waals surface area contributed by atoms with Crippen LogP contribution in [0.2, 0.25) is 0 Å². The number of ether oxygens (including phenoxy) is 1. The van der Waals surface area contributed by atoms with Crippen LogP contribution in [0, 0.1) is 10.1 Å². The Labute approximate surface area is 99.3 Å². The molecule has 1 aromatic rings. The van der Waals surface area contributed by atoms with Crippen LogP contribution in [-0.4, -0.2) is 22.1 Å². The van der Waals surface area contributed by atoms with Crippen molar-refractivity contribution in [1.82, 2.24) is 4.57 Å². The van der Waals surface area contributed by atoms with Gasteiger partial charge in [-0.15, -0.1) is 0 Å². The lowest BCUT2D eigenvalue weighted by molar-refractivity contribution is -0.384. The monoisotopic (exact) mass is 240 g/mol. The zero-order valence-corrected chi connectivity index (χ0v) is 10.0. The molecule has 94 valence electrons. The van der Waals surface area contributed by atoms with Gasteiger partial charge in [-0.3, -0.25) is 10.1 Å². The Hall–Kier alpha value is -1.85. The number of carbonyl (C=O) groups is 1. The first-order chi connectivity index (χ1) is 8.10. The lowest BCUT2D eigenvalue weighted by Crippen LogP contribution is -2.12. The van der Waals surface area contributed by atoms with Crippen LogP contribution in [0.15, 0.2) is 12.3 Å². The first-order valence-electron chi connectivity index (χ1n) is 5.61. The van der Waals surface area contributed by atoms with E-state index in [-0.39, 0.29) is 11.4 Å². The predicted molar refractivity (Wildman–Crippen MR) is 62.0 cm³/mol. The van der Waals surface area contributed by atoms with Crippen LogP contribution in [-0.2, 0) is 11.3 Å². The first kappa shape index (κ1) is 13.2. The standard InChI is InChI=1S/C11H16N2O4/c1-3-5-12-8-9(13(15)16)7-10(12)11(14)17-6-4-2/h7-8H,3-6H2,1-2H3. The van der Waals surface area contributed by atoms with Gasteiger partial charge in [-0.05, 0) is 12.8 Å². The summed E-state index contributed by atoms with van der Waals surface area (Å²) in [5, 5.41) is 10.6. The van der Waals surface area contributed by atoms with Gasteiger partial charge in [0.15, 0.2) is 0 Å². The summed E-state index contributed by atoms with van der Waals surface area (Å²) in [6, 6.07) is 1.26. The van der Waals surface area contributed by atoms with Gasteiger partial charge in [-0.25, -0.2) is 4.79 Å². The normalized spacial score (nSPS) is 10.2. The van der Waals surface area contributed by atoms with E-state index in [2.05, 4.69) is 0 Å². The van der Waals surface area contributed by atoms with Crippen molar-refractivity contribution in [1.29, 1.82) is 0 Å². The van der Waals surface area contributed by atoms with Crippen LogP contribution in [0.4, 0.5) is 5.69 Å². The second kappa shape index (κ2) is 6.03. The molecule has 0 aliphatic rings. The number of carbonyl (C=O) groups excluding carboxylic acids is 1. The van der Waals surface area contributed by atoms with E-state index in [0.29, 0.717) is 13.2 Å². The number of aryl methyl sites for hydroxylation is 1. The summed E-state index contributed by atoms with van der Waals surface area (Å²) >= 11 is 0. The highest BCUT2D eigenvalue weighted by Gasteiger charge is 2.19. The molecule has 17 heavy (non-hydrogen) atoms. The molecule has 0 saturated carbocycles. The van der Waals surface area contributed by atoms with Crippen molar-refractivity contribution < 1.29 is 14.5 Å². The fourth-order valence-corrected chi connectivity index (χ4v) is 1.46. The predicted octanol–water partition coefficient (Wildman–Crippen LogP) is 2.37. The van der Waals surface area contributed by atoms with E-state index in [1.807, 2.05) is 13.8 Å². The first-order valence-corrected chi connectivity index (χ1v) is 5.61. The second-order valence-electron chi connectivity index (χ2n) is 3.67. The smallest absolute Gasteiger partial charge is 0.355 e. The van der Waals surface area contributed by atoms with Crippen molar-refractivity contribution in [2.75, 3.05) is 6.61 Å². The van der Waals surface area contributed by atoms with Crippen LogP contribution in [0.1, 0.15) is 37.2 Å². The molecule has 0 spiro atoms. The van der Waals surface area contributed by atoms with Crippen LogP contribution < -0.4 is 0 Å². The zero-order chi connectivity index (χ0) is 12.8. The Morgan fingerprint density at radius 3 is 2.71 bits per heavy atom. The fraction of sp³-hybridized carbons (Fsp3) is 0.545. The number of hydrogen-bond acceptors (Lipinski definition) is 4. The lowest BCUT2D eigenvalue weighted by atomic mass is 10.4. The van der Waals surface area contributed by atoms with Gasteiger partial charge in [0, 0.05) is 12.6 Å². The summed E-state index contributed by atoms with van der Waals surface area (Å²) in [6.07, 6.45) is 2.88. The van der Waals surface area contributed by atoms with Gasteiger partial charge >= 0.3 is 5.97 Å². The van der Waals surface area contributed by atoms with Crippen molar-refractivity contribution in [2.24, 2.45) is 0 Å². The van der Waals surface area contributed by atoms with Crippen LogP contribution in [0.25, 0.3) is 0 Å². The molecule has 0 atom stereocenters. The molecule has 0 radical (unpaired) electrons. The summed E-state index contributed by atoms with van der Waals surface area (Å²) in [4.78, 5) is 21.8. The molecule has 0 amide bonds. The van der Waals surface area contributed by atoms with Gasteiger partial charge in [-0.1, -0.05) is 13.8 Å². The van der Waals surface area contributed by atoms with Crippen molar-refractivity contribution in [3.8, 4) is 0 Å². The van der Waals surface area contributed by atoms with Gasteiger partial charge in [0.05, 0.1) is 17.7 Å². The molecule has 0 aromatic carbocycles. The van der Waals surface area contributed by atoms with Gasteiger partial charge < -0.3 is 9.30 Å². The van der Waals surface area contributed by atoms with Gasteiger partial charge in [0.1, 0.15) is 5.69 Å². The summed E-state index contributed by atoms with van der Waals surface area (Å²) in [6.45, 7) is 4.71. The van der Waals surface area contributed by atoms with Gasteiger partial charge in [-0.2, -0.15) is 0 Å². The van der Waals surface area contributed by atoms with E-state index in [1.54, 1.807) is 4.57 Å². The molecule has 0 aliphatic carbocycles. The third kappa shape index (κ3) is 3.30. The second-order valence-corrected chi connectivity index (χ2v) is 3.67. The molecular weight excluding hydrogens is 224 g/mol. The lowest BCUT2D eigenvalue weighted by Gasteiger charge is -2.06. The zero-order valence-electron chi connectivity index (χ0n) is 10.0. The molecule has 6 nitrogen and oxygen atoms in total. The van der Waals surface area contributed by atoms with Crippen LogP contribution >= 0.6 is 0 Å². The third-order valence-electron chi connectivity index (χ3n) is 2.20. The highest BCUT2D eigenvalue weighted by Crippen LogP contribution is 2.17. The summed E-state index contributed by atoms with van der Waals surface area (Å²) < 4.78 is 6.54. The van der Waals surface area contributed by atoms with Gasteiger partial charge in [0.2, 0.25) is 0 Å². The number of nitro groups is 1. The Morgan fingerprint density at radius 1 is 1.47 bits per heavy atom. The van der Waals surface area contributed by atoms with Crippen molar-refractivity contribution in [2.45, 2.75) is 33.2 Å². The largest absolute Gasteiger partial charge is 0.461 e. The Morgan fingerprint density at radius 2 is 2.18 bits per heavy atom. The van der Waals surface area contributed by atoms with E-state index in [0.717, 1.165) is 12.8 Å². The quantitative estimate of drug-likeness (QED) is 0.434. The molecule has 0 saturated heterocycles. The van der Waals surface area contributed by atoms with Gasteiger partial charge in [0.25, 0.3) is 5.69 Å². The number of nitrogens with zero attached hydrogens (tertiary/aromatic N) is 2. The average Bonchev–Trinajstić information content (AvgIpc) is 2.70. The minimum Gasteiger partial charge on any atom is -0.461 e. The minimum absolute atomic E-state index is 0.0816.